The Balaban J connectivity index is 0.000000152. The van der Waals surface area contributed by atoms with E-state index in [4.69, 9.17) is 0 Å². The Morgan fingerprint density at radius 1 is 0.188 bits per heavy atom. The molecule has 0 radical (unpaired) electrons. The van der Waals surface area contributed by atoms with Crippen LogP contribution in [0.2, 0.25) is 0 Å². The van der Waals surface area contributed by atoms with Crippen LogP contribution in [0.3, 0.4) is 0 Å². The van der Waals surface area contributed by atoms with Gasteiger partial charge in [0.2, 0.25) is 0 Å². The van der Waals surface area contributed by atoms with Crippen molar-refractivity contribution in [2.45, 2.75) is 38.5 Å². The van der Waals surface area contributed by atoms with Crippen molar-refractivity contribution >= 4 is 89.8 Å². The first-order valence-corrected chi connectivity index (χ1v) is 33.3. The van der Waals surface area contributed by atoms with Crippen molar-refractivity contribution in [2.24, 2.45) is 0 Å². The minimum absolute atomic E-state index is 0.154. The number of benzene rings is 15. The van der Waals surface area contributed by atoms with Crippen LogP contribution in [0.1, 0.15) is 49.9 Å². The van der Waals surface area contributed by atoms with Crippen LogP contribution in [-0.4, -0.2) is 0 Å². The maximum absolute atomic E-state index is 2.51. The van der Waals surface area contributed by atoms with Crippen LogP contribution in [0, 0.1) is 0 Å². The molecule has 0 amide bonds. The standard InChI is InChI=1S/C48H40N2.C44H32N2/c1-47(2)43-29-37(49(33-17-9-5-10-18-33)34-19-11-6-12-20-34)25-27-39(43)41-32-46-42(31-45(41)47)40-28-26-38(30-44(40)48(46,3)4)50(35-21-13-7-14-22-35)36-23-15-8-16-24-36;1-3-17-37(18-4-1)45(43-23-11-15-35-13-7-9-21-41(35)43)39-29-25-33(26-30-39)34-27-31-40(32-28-34)46(38-19-5-2-6-20-38)44-24-12-16-36-14-8-10-22-42(36)44/h5-32H,1-4H3;1-32H. The maximum Gasteiger partial charge on any atom is 0.0540 e. The first-order chi connectivity index (χ1) is 47.2. The van der Waals surface area contributed by atoms with Crippen LogP contribution < -0.4 is 19.6 Å². The highest BCUT2D eigenvalue weighted by Gasteiger charge is 2.42. The fourth-order valence-electron chi connectivity index (χ4n) is 14.8. The number of hydrogen-bond donors (Lipinski definition) is 0. The van der Waals surface area contributed by atoms with Crippen molar-refractivity contribution in [1.29, 1.82) is 0 Å². The van der Waals surface area contributed by atoms with E-state index in [9.17, 15) is 0 Å². The molecule has 0 aliphatic heterocycles. The molecule has 0 unspecified atom stereocenters. The minimum atomic E-state index is -0.154. The Labute approximate surface area is 564 Å². The molecule has 2 aliphatic rings. The summed E-state index contributed by atoms with van der Waals surface area (Å²) < 4.78 is 0. The van der Waals surface area contributed by atoms with Gasteiger partial charge in [-0.3, -0.25) is 0 Å². The quantitative estimate of drug-likeness (QED) is 0.114. The number of nitrogens with zero attached hydrogens (tertiary/aromatic N) is 4. The van der Waals surface area contributed by atoms with E-state index in [-0.39, 0.29) is 10.8 Å². The number of rotatable bonds is 13. The van der Waals surface area contributed by atoms with Gasteiger partial charge in [0.05, 0.1) is 11.4 Å². The largest absolute Gasteiger partial charge is 0.310 e. The monoisotopic (exact) mass is 1230 g/mol. The summed E-state index contributed by atoms with van der Waals surface area (Å²) in [7, 11) is 0. The number of para-hydroxylation sites is 6. The van der Waals surface area contributed by atoms with Crippen LogP contribution in [0.4, 0.5) is 68.2 Å². The molecule has 0 saturated heterocycles. The van der Waals surface area contributed by atoms with Gasteiger partial charge in [-0.2, -0.15) is 0 Å². The molecule has 15 aromatic rings. The molecular formula is C92H72N4. The van der Waals surface area contributed by atoms with E-state index in [1.165, 1.54) is 88.6 Å². The van der Waals surface area contributed by atoms with Crippen molar-refractivity contribution < 1.29 is 0 Å². The molecule has 460 valence electrons. The van der Waals surface area contributed by atoms with Crippen LogP contribution in [0.25, 0.3) is 54.9 Å². The summed E-state index contributed by atoms with van der Waals surface area (Å²) in [6, 6.07) is 131. The van der Waals surface area contributed by atoms with E-state index in [0.29, 0.717) is 0 Å². The zero-order chi connectivity index (χ0) is 64.7. The van der Waals surface area contributed by atoms with Gasteiger partial charge in [-0.15, -0.1) is 0 Å². The molecule has 0 spiro atoms. The average molecular weight is 1230 g/mol. The Hall–Kier alpha value is -12.0. The lowest BCUT2D eigenvalue weighted by molar-refractivity contribution is 0.652. The zero-order valence-corrected chi connectivity index (χ0v) is 54.4. The van der Waals surface area contributed by atoms with Gasteiger partial charge in [0, 0.05) is 78.5 Å². The lowest BCUT2D eigenvalue weighted by atomic mass is 9.79. The van der Waals surface area contributed by atoms with E-state index in [1.807, 2.05) is 0 Å². The predicted molar refractivity (Wildman–Crippen MR) is 407 cm³/mol. The zero-order valence-electron chi connectivity index (χ0n) is 54.4. The molecule has 0 bridgehead atoms. The highest BCUT2D eigenvalue weighted by Crippen LogP contribution is 2.58. The number of hydrogen-bond acceptors (Lipinski definition) is 4. The Morgan fingerprint density at radius 3 is 0.760 bits per heavy atom. The molecule has 0 N–H and O–H groups in total. The van der Waals surface area contributed by atoms with Gasteiger partial charge < -0.3 is 19.6 Å². The second kappa shape index (κ2) is 24.8. The third-order valence-corrected chi connectivity index (χ3v) is 19.6. The normalized spacial score (nSPS) is 12.8. The number of fused-ring (bicyclic) bond motifs is 8. The summed E-state index contributed by atoms with van der Waals surface area (Å²) in [5.74, 6) is 0. The summed E-state index contributed by atoms with van der Waals surface area (Å²) in [6.45, 7) is 9.58. The average Bonchev–Trinajstić information content (AvgIpc) is 1.54. The third-order valence-electron chi connectivity index (χ3n) is 19.6. The van der Waals surface area contributed by atoms with Gasteiger partial charge in [-0.25, -0.2) is 0 Å². The summed E-state index contributed by atoms with van der Waals surface area (Å²) >= 11 is 0. The highest BCUT2D eigenvalue weighted by molar-refractivity contribution is 6.01. The first-order valence-electron chi connectivity index (χ1n) is 33.3. The summed E-state index contributed by atoms with van der Waals surface area (Å²) in [5.41, 5.74) is 26.8. The molecule has 2 aliphatic carbocycles. The van der Waals surface area contributed by atoms with Gasteiger partial charge >= 0.3 is 0 Å². The van der Waals surface area contributed by atoms with E-state index in [2.05, 4.69) is 411 Å². The van der Waals surface area contributed by atoms with Crippen molar-refractivity contribution in [3.8, 4) is 33.4 Å². The fourth-order valence-corrected chi connectivity index (χ4v) is 14.8. The van der Waals surface area contributed by atoms with Gasteiger partial charge in [0.15, 0.2) is 0 Å². The molecule has 0 atom stereocenters. The first kappa shape index (κ1) is 59.1. The van der Waals surface area contributed by atoms with Crippen molar-refractivity contribution in [3.63, 3.8) is 0 Å². The molecule has 0 saturated carbocycles. The van der Waals surface area contributed by atoms with E-state index in [1.54, 1.807) is 0 Å². The molecule has 96 heavy (non-hydrogen) atoms. The topological polar surface area (TPSA) is 13.0 Å². The highest BCUT2D eigenvalue weighted by atomic mass is 15.2. The predicted octanol–water partition coefficient (Wildman–Crippen LogP) is 25.8. The van der Waals surface area contributed by atoms with Crippen molar-refractivity contribution in [1.82, 2.24) is 0 Å². The Kier molecular flexibility index (Phi) is 15.3. The molecule has 4 heteroatoms. The molecule has 15 aromatic carbocycles. The van der Waals surface area contributed by atoms with Crippen LogP contribution >= 0.6 is 0 Å². The minimum Gasteiger partial charge on any atom is -0.310 e. The molecule has 0 aromatic heterocycles. The molecule has 0 fully saturated rings. The Morgan fingerprint density at radius 2 is 0.438 bits per heavy atom. The van der Waals surface area contributed by atoms with Crippen molar-refractivity contribution in [2.75, 3.05) is 19.6 Å². The lowest BCUT2D eigenvalue weighted by Crippen LogP contribution is -2.18. The maximum atomic E-state index is 2.51. The van der Waals surface area contributed by atoms with Crippen LogP contribution in [0.15, 0.2) is 364 Å². The summed E-state index contributed by atoms with van der Waals surface area (Å²) in [4.78, 5) is 9.42. The lowest BCUT2D eigenvalue weighted by Gasteiger charge is -2.28. The Bertz CT molecular complexity index is 4840. The van der Waals surface area contributed by atoms with Gasteiger partial charge in [0.25, 0.3) is 0 Å². The summed E-state index contributed by atoms with van der Waals surface area (Å²) in [5, 5.41) is 4.90. The van der Waals surface area contributed by atoms with Gasteiger partial charge in [-0.1, -0.05) is 246 Å². The molecule has 17 rings (SSSR count). The van der Waals surface area contributed by atoms with Gasteiger partial charge in [-0.05, 0) is 212 Å². The number of anilines is 12. The SMILES string of the molecule is CC1(C)c2cc(N(c3ccccc3)c3ccccc3)ccc2-c2cc3c(cc21)-c1ccc(N(c2ccccc2)c2ccccc2)cc1C3(C)C.c1ccc(N(c2ccc(-c3ccc(N(c4ccccc4)c4cccc5ccccc45)cc3)cc2)c2cccc3ccccc23)cc1. The van der Waals surface area contributed by atoms with E-state index >= 15 is 0 Å². The van der Waals surface area contributed by atoms with E-state index in [0.717, 1.165) is 56.9 Å². The molecule has 4 nitrogen and oxygen atoms in total. The third kappa shape index (κ3) is 10.7. The second-order valence-electron chi connectivity index (χ2n) is 26.1. The van der Waals surface area contributed by atoms with Crippen LogP contribution in [0.5, 0.6) is 0 Å². The summed E-state index contributed by atoms with van der Waals surface area (Å²) in [6.07, 6.45) is 0. The second-order valence-corrected chi connectivity index (χ2v) is 26.1. The molecular weight excluding hydrogens is 1160 g/mol. The van der Waals surface area contributed by atoms with Crippen LogP contribution in [-0.2, 0) is 10.8 Å². The van der Waals surface area contributed by atoms with E-state index < -0.39 is 0 Å². The molecule has 0 heterocycles. The smallest absolute Gasteiger partial charge is 0.0540 e. The fraction of sp³-hybridized carbons (Fsp3) is 0.0652. The van der Waals surface area contributed by atoms with Gasteiger partial charge in [0.1, 0.15) is 0 Å². The van der Waals surface area contributed by atoms with Crippen molar-refractivity contribution in [3.05, 3.63) is 386 Å².